The highest BCUT2D eigenvalue weighted by Crippen LogP contribution is 2.35. The van der Waals surface area contributed by atoms with Gasteiger partial charge in [0, 0.05) is 19.0 Å². The van der Waals surface area contributed by atoms with Gasteiger partial charge in [-0.3, -0.25) is 14.9 Å². The van der Waals surface area contributed by atoms with E-state index in [-0.39, 0.29) is 23.4 Å². The summed E-state index contributed by atoms with van der Waals surface area (Å²) in [6, 6.07) is 4.75. The highest BCUT2D eigenvalue weighted by Gasteiger charge is 2.34. The number of nitro groups is 1. The number of amides is 1. The first kappa shape index (κ1) is 11.9. The third kappa shape index (κ3) is 2.10. The summed E-state index contributed by atoms with van der Waals surface area (Å²) >= 11 is 5.90. The fraction of sp³-hybridized carbons (Fsp3) is 0.364. The number of carbonyl (C=O) groups excluding carboxylic acids is 1. The third-order valence-corrected chi connectivity index (χ3v) is 3.05. The normalized spacial score (nSPS) is 19.8. The fourth-order valence-corrected chi connectivity index (χ4v) is 2.29. The summed E-state index contributed by atoms with van der Waals surface area (Å²) in [6.45, 7) is 2.07. The largest absolute Gasteiger partial charge is 0.305 e. The van der Waals surface area contributed by atoms with Crippen LogP contribution < -0.4 is 4.90 Å². The van der Waals surface area contributed by atoms with Gasteiger partial charge in [0.25, 0.3) is 5.69 Å². The van der Waals surface area contributed by atoms with E-state index in [1.165, 1.54) is 11.0 Å². The molecule has 5 nitrogen and oxygen atoms in total. The Morgan fingerprint density at radius 2 is 2.24 bits per heavy atom. The predicted octanol–water partition coefficient (Wildman–Crippen LogP) is 2.25. The molecule has 1 amide bonds. The van der Waals surface area contributed by atoms with Gasteiger partial charge in [0.05, 0.1) is 10.3 Å². The lowest BCUT2D eigenvalue weighted by Gasteiger charge is -2.18. The molecule has 1 heterocycles. The molecule has 17 heavy (non-hydrogen) atoms. The molecule has 0 N–H and O–H groups in total. The Hall–Kier alpha value is -1.62. The first-order valence-corrected chi connectivity index (χ1v) is 5.63. The van der Waals surface area contributed by atoms with Crippen LogP contribution in [0.5, 0.6) is 0 Å². The number of para-hydroxylation sites is 1. The quantitative estimate of drug-likeness (QED) is 0.462. The number of anilines is 1. The molecule has 1 aliphatic rings. The van der Waals surface area contributed by atoms with E-state index in [1.807, 2.05) is 0 Å². The molecule has 1 unspecified atom stereocenters. The number of rotatable bonds is 2. The van der Waals surface area contributed by atoms with Gasteiger partial charge in [-0.15, -0.1) is 11.6 Å². The number of nitrogens with zero attached hydrogens (tertiary/aromatic N) is 2. The van der Waals surface area contributed by atoms with Crippen LogP contribution in [-0.4, -0.2) is 22.8 Å². The lowest BCUT2D eigenvalue weighted by atomic mass is 10.1. The van der Waals surface area contributed by atoms with Crippen molar-refractivity contribution in [3.05, 3.63) is 33.9 Å². The maximum atomic E-state index is 11.7. The Balaban J connectivity index is 2.51. The molecule has 0 spiro atoms. The van der Waals surface area contributed by atoms with Crippen molar-refractivity contribution in [2.24, 2.45) is 0 Å². The molecule has 1 aromatic carbocycles. The topological polar surface area (TPSA) is 63.5 Å². The zero-order valence-corrected chi connectivity index (χ0v) is 9.98. The minimum atomic E-state index is -0.475. The molecular weight excluding hydrogens is 244 g/mol. The van der Waals surface area contributed by atoms with Crippen LogP contribution in [-0.2, 0) is 4.79 Å². The minimum absolute atomic E-state index is 0.0517. The van der Waals surface area contributed by atoms with Crippen molar-refractivity contribution in [1.82, 2.24) is 0 Å². The van der Waals surface area contributed by atoms with Crippen LogP contribution in [0.15, 0.2) is 18.2 Å². The average Bonchev–Trinajstić information content (AvgIpc) is 2.57. The van der Waals surface area contributed by atoms with Gasteiger partial charge in [-0.25, -0.2) is 0 Å². The second-order valence-electron chi connectivity index (χ2n) is 4.01. The molecule has 1 atom stereocenters. The first-order valence-electron chi connectivity index (χ1n) is 5.19. The minimum Gasteiger partial charge on any atom is -0.305 e. The molecular formula is C11H11ClN2O3. The second-order valence-corrected chi connectivity index (χ2v) is 4.62. The van der Waals surface area contributed by atoms with Crippen molar-refractivity contribution < 1.29 is 9.72 Å². The van der Waals surface area contributed by atoms with E-state index in [4.69, 9.17) is 11.6 Å². The Bertz CT molecular complexity index is 490. The maximum Gasteiger partial charge on any atom is 0.293 e. The van der Waals surface area contributed by atoms with Gasteiger partial charge in [-0.2, -0.15) is 0 Å². The van der Waals surface area contributed by atoms with Crippen LogP contribution in [0.1, 0.15) is 12.0 Å². The van der Waals surface area contributed by atoms with Crippen molar-refractivity contribution in [2.45, 2.75) is 18.7 Å². The van der Waals surface area contributed by atoms with Crippen LogP contribution in [0.3, 0.4) is 0 Å². The highest BCUT2D eigenvalue weighted by atomic mass is 35.5. The van der Waals surface area contributed by atoms with Crippen LogP contribution in [0.2, 0.25) is 0 Å². The van der Waals surface area contributed by atoms with Crippen molar-refractivity contribution in [3.63, 3.8) is 0 Å². The zero-order chi connectivity index (χ0) is 12.6. The zero-order valence-electron chi connectivity index (χ0n) is 9.22. The monoisotopic (exact) mass is 254 g/mol. The fourth-order valence-electron chi connectivity index (χ4n) is 2.02. The third-order valence-electron chi connectivity index (χ3n) is 2.76. The molecule has 1 aromatic rings. The Labute approximate surface area is 103 Å². The van der Waals surface area contributed by atoms with Crippen molar-refractivity contribution in [2.75, 3.05) is 11.4 Å². The molecule has 0 saturated carbocycles. The summed E-state index contributed by atoms with van der Waals surface area (Å²) in [7, 11) is 0. The summed E-state index contributed by atoms with van der Waals surface area (Å²) in [5, 5.41) is 10.7. The lowest BCUT2D eigenvalue weighted by Crippen LogP contribution is -2.26. The van der Waals surface area contributed by atoms with Crippen molar-refractivity contribution >= 4 is 28.9 Å². The maximum absolute atomic E-state index is 11.7. The Morgan fingerprint density at radius 1 is 1.53 bits per heavy atom. The van der Waals surface area contributed by atoms with Crippen LogP contribution in [0, 0.1) is 17.0 Å². The summed E-state index contributed by atoms with van der Waals surface area (Å²) in [6.07, 6.45) is 0.229. The van der Waals surface area contributed by atoms with E-state index in [0.717, 1.165) is 0 Å². The van der Waals surface area contributed by atoms with E-state index < -0.39 is 4.92 Å². The van der Waals surface area contributed by atoms with Gasteiger partial charge in [0.15, 0.2) is 0 Å². The highest BCUT2D eigenvalue weighted by molar-refractivity contribution is 6.24. The number of carbonyl (C=O) groups is 1. The molecule has 1 fully saturated rings. The van der Waals surface area contributed by atoms with Crippen molar-refractivity contribution in [1.29, 1.82) is 0 Å². The predicted molar refractivity (Wildman–Crippen MR) is 64.4 cm³/mol. The van der Waals surface area contributed by atoms with Crippen LogP contribution in [0.4, 0.5) is 11.4 Å². The smallest absolute Gasteiger partial charge is 0.293 e. The average molecular weight is 255 g/mol. The molecule has 0 aliphatic carbocycles. The standard InChI is InChI=1S/C11H11ClN2O3/c1-7-3-2-4-9(14(16)17)11(7)13-6-8(12)5-10(13)15/h2-4,8H,5-6H2,1H3. The van der Waals surface area contributed by atoms with Crippen LogP contribution >= 0.6 is 11.6 Å². The van der Waals surface area contributed by atoms with E-state index in [9.17, 15) is 14.9 Å². The molecule has 6 heteroatoms. The first-order chi connectivity index (χ1) is 8.00. The second kappa shape index (κ2) is 4.33. The molecule has 2 rings (SSSR count). The van der Waals surface area contributed by atoms with E-state index in [2.05, 4.69) is 0 Å². The van der Waals surface area contributed by atoms with Gasteiger partial charge in [-0.05, 0) is 12.5 Å². The van der Waals surface area contributed by atoms with E-state index in [1.54, 1.807) is 19.1 Å². The number of nitro benzene ring substituents is 1. The van der Waals surface area contributed by atoms with Gasteiger partial charge >= 0.3 is 0 Å². The molecule has 90 valence electrons. The number of hydrogen-bond acceptors (Lipinski definition) is 3. The number of aryl methyl sites for hydroxylation is 1. The number of benzene rings is 1. The Morgan fingerprint density at radius 3 is 2.76 bits per heavy atom. The van der Waals surface area contributed by atoms with Crippen LogP contribution in [0.25, 0.3) is 0 Å². The number of alkyl halides is 1. The SMILES string of the molecule is Cc1cccc([N+](=O)[O-])c1N1CC(Cl)CC1=O. The van der Waals surface area contributed by atoms with Gasteiger partial charge < -0.3 is 4.90 Å². The summed E-state index contributed by atoms with van der Waals surface area (Å²) in [5.74, 6) is -0.164. The molecule has 0 aromatic heterocycles. The summed E-state index contributed by atoms with van der Waals surface area (Å²) in [5.41, 5.74) is 1.02. The van der Waals surface area contributed by atoms with Gasteiger partial charge in [-0.1, -0.05) is 12.1 Å². The molecule has 0 radical (unpaired) electrons. The summed E-state index contributed by atoms with van der Waals surface area (Å²) < 4.78 is 0. The number of halogens is 1. The molecule has 1 aliphatic heterocycles. The van der Waals surface area contributed by atoms with Crippen molar-refractivity contribution in [3.8, 4) is 0 Å². The summed E-state index contributed by atoms with van der Waals surface area (Å²) in [4.78, 5) is 23.6. The Kier molecular flexibility index (Phi) is 3.02. The van der Waals surface area contributed by atoms with E-state index >= 15 is 0 Å². The molecule has 1 saturated heterocycles. The lowest BCUT2D eigenvalue weighted by molar-refractivity contribution is -0.384. The van der Waals surface area contributed by atoms with E-state index in [0.29, 0.717) is 17.8 Å². The number of hydrogen-bond donors (Lipinski definition) is 0. The van der Waals surface area contributed by atoms with Gasteiger partial charge in [0.2, 0.25) is 5.91 Å². The van der Waals surface area contributed by atoms with Gasteiger partial charge in [0.1, 0.15) is 5.69 Å². The molecule has 0 bridgehead atoms.